The predicted molar refractivity (Wildman–Crippen MR) is 200 cm³/mol. The molecule has 2 aromatic carbocycles. The van der Waals surface area contributed by atoms with Crippen LogP contribution >= 0.6 is 0 Å². The Labute approximate surface area is 298 Å². The molecule has 11 heteroatoms. The summed E-state index contributed by atoms with van der Waals surface area (Å²) >= 11 is 0. The van der Waals surface area contributed by atoms with Crippen molar-refractivity contribution < 1.29 is 13.2 Å². The Bertz CT molecular complexity index is 1730. The highest BCUT2D eigenvalue weighted by Gasteiger charge is 2.39. The Morgan fingerprint density at radius 2 is 1.56 bits per heavy atom. The number of aryl methyl sites for hydroxylation is 2. The second kappa shape index (κ2) is 15.2. The van der Waals surface area contributed by atoms with E-state index in [1.54, 1.807) is 13.3 Å². The summed E-state index contributed by atoms with van der Waals surface area (Å²) in [6.45, 7) is 17.8. The van der Waals surface area contributed by atoms with Gasteiger partial charge in [0, 0.05) is 67.8 Å². The van der Waals surface area contributed by atoms with Crippen molar-refractivity contribution >= 4 is 27.3 Å². The number of aromatic nitrogens is 2. The number of sulfonamides is 1. The van der Waals surface area contributed by atoms with E-state index in [4.69, 9.17) is 0 Å². The van der Waals surface area contributed by atoms with E-state index in [0.29, 0.717) is 25.4 Å². The van der Waals surface area contributed by atoms with E-state index >= 15 is 0 Å². The topological polar surface area (TPSA) is 111 Å². The average molecular weight is 700 g/mol. The second-order valence-corrected chi connectivity index (χ2v) is 16.6. The first kappa shape index (κ1) is 36.0. The van der Waals surface area contributed by atoms with Crippen molar-refractivity contribution in [3.05, 3.63) is 95.6 Å². The van der Waals surface area contributed by atoms with Gasteiger partial charge in [-0.05, 0) is 89.5 Å². The quantitative estimate of drug-likeness (QED) is 0.252. The summed E-state index contributed by atoms with van der Waals surface area (Å²) < 4.78 is 27.0. The molecule has 2 aliphatic heterocycles. The Morgan fingerprint density at radius 1 is 0.940 bits per heavy atom. The molecule has 3 aliphatic rings. The van der Waals surface area contributed by atoms with Crippen molar-refractivity contribution in [3.63, 3.8) is 0 Å². The third kappa shape index (κ3) is 8.38. The van der Waals surface area contributed by atoms with Crippen LogP contribution in [0.1, 0.15) is 80.5 Å². The molecule has 2 N–H and O–H groups in total. The van der Waals surface area contributed by atoms with Gasteiger partial charge in [0.1, 0.15) is 6.33 Å². The second-order valence-electron chi connectivity index (χ2n) is 14.7. The molecule has 0 radical (unpaired) electrons. The Morgan fingerprint density at radius 3 is 2.16 bits per heavy atom. The van der Waals surface area contributed by atoms with Crippen LogP contribution < -0.4 is 14.9 Å². The summed E-state index contributed by atoms with van der Waals surface area (Å²) in [6.07, 6.45) is 7.33. The molecular weight excluding hydrogens is 647 g/mol. The van der Waals surface area contributed by atoms with Gasteiger partial charge in [0.25, 0.3) is 0 Å². The molecule has 3 fully saturated rings. The lowest BCUT2D eigenvalue weighted by Crippen LogP contribution is -2.57. The fourth-order valence-electron chi connectivity index (χ4n) is 7.59. The molecule has 268 valence electrons. The smallest absolute Gasteiger partial charge is 0.238 e. The fourth-order valence-corrected chi connectivity index (χ4v) is 9.14. The number of piperidine rings is 2. The number of carbonyl (C=O) groups excluding carboxylic acids is 1. The summed E-state index contributed by atoms with van der Waals surface area (Å²) in [5, 5.41) is 2.54. The van der Waals surface area contributed by atoms with Gasteiger partial charge in [0.2, 0.25) is 15.9 Å². The number of hydrogen-bond donors (Lipinski definition) is 2. The van der Waals surface area contributed by atoms with Crippen LogP contribution in [-0.4, -0.2) is 83.1 Å². The van der Waals surface area contributed by atoms with Gasteiger partial charge in [-0.15, -0.1) is 0 Å². The summed E-state index contributed by atoms with van der Waals surface area (Å²) in [5.41, 5.74) is 7.67. The minimum absolute atomic E-state index is 0.157. The first-order valence-electron chi connectivity index (χ1n) is 18.1. The molecule has 1 aromatic heterocycles. The molecule has 1 aliphatic carbocycles. The maximum Gasteiger partial charge on any atom is 0.238 e. The zero-order chi connectivity index (χ0) is 35.5. The fraction of sp³-hybridized carbons (Fsp3) is 0.513. The third-order valence-corrected chi connectivity index (χ3v) is 13.1. The minimum atomic E-state index is -3.43. The SMILES string of the molecule is C=C(c1c(C)ncnc1C)N1CCC(C)(N2CCC(N(Cc3ccccc3)c3ccc(CNC(=O)C(C)NS(=O)(=O)C4CC4)cc3)CC2)CC1. The van der Waals surface area contributed by atoms with E-state index in [-0.39, 0.29) is 16.7 Å². The highest BCUT2D eigenvalue weighted by atomic mass is 32.2. The van der Waals surface area contributed by atoms with Crippen molar-refractivity contribution in [2.75, 3.05) is 31.1 Å². The highest BCUT2D eigenvalue weighted by Crippen LogP contribution is 2.36. The van der Waals surface area contributed by atoms with E-state index in [1.807, 2.05) is 13.8 Å². The van der Waals surface area contributed by atoms with Crippen LogP contribution in [0, 0.1) is 13.8 Å². The molecule has 1 amide bonds. The lowest BCUT2D eigenvalue weighted by atomic mass is 9.85. The van der Waals surface area contributed by atoms with Crippen molar-refractivity contribution in [1.82, 2.24) is 29.8 Å². The standard InChI is InChI=1S/C39H53N7O3S/c1-28-37(29(2)42-27-41-28)31(4)44-23-19-39(5,20-24-44)45-21-17-35(18-22-45)46(26-33-9-7-6-8-10-33)34-13-11-32(12-14-34)25-40-38(47)30(3)43-50(48,49)36-15-16-36/h6-14,27,30,35-36,43H,4,15-26H2,1-3,5H3,(H,40,47). The zero-order valence-electron chi connectivity index (χ0n) is 30.1. The van der Waals surface area contributed by atoms with Crippen LogP contribution in [0.3, 0.4) is 0 Å². The van der Waals surface area contributed by atoms with Gasteiger partial charge in [-0.25, -0.2) is 23.1 Å². The van der Waals surface area contributed by atoms with Crippen LogP contribution in [0.15, 0.2) is 67.5 Å². The maximum absolute atomic E-state index is 12.7. The van der Waals surface area contributed by atoms with Crippen molar-refractivity contribution in [3.8, 4) is 0 Å². The molecule has 3 heterocycles. The molecule has 1 unspecified atom stereocenters. The van der Waals surface area contributed by atoms with Gasteiger partial charge in [-0.1, -0.05) is 49.0 Å². The highest BCUT2D eigenvalue weighted by molar-refractivity contribution is 7.90. The maximum atomic E-state index is 12.7. The number of rotatable bonds is 13. The van der Waals surface area contributed by atoms with Gasteiger partial charge in [-0.3, -0.25) is 9.69 Å². The number of likely N-dealkylation sites (tertiary alicyclic amines) is 2. The minimum Gasteiger partial charge on any atom is -0.371 e. The summed E-state index contributed by atoms with van der Waals surface area (Å²) in [6, 6.07) is 18.7. The zero-order valence-corrected chi connectivity index (χ0v) is 30.9. The van der Waals surface area contributed by atoms with E-state index in [1.165, 1.54) is 11.3 Å². The first-order chi connectivity index (χ1) is 23.9. The van der Waals surface area contributed by atoms with Crippen LogP contribution in [0.2, 0.25) is 0 Å². The molecule has 1 atom stereocenters. The van der Waals surface area contributed by atoms with Gasteiger partial charge < -0.3 is 15.1 Å². The third-order valence-electron chi connectivity index (χ3n) is 11.0. The summed E-state index contributed by atoms with van der Waals surface area (Å²) in [5.74, 6) is -0.323. The van der Waals surface area contributed by atoms with Gasteiger partial charge >= 0.3 is 0 Å². The Kier molecular flexibility index (Phi) is 11.0. The average Bonchev–Trinajstić information content (AvgIpc) is 3.98. The van der Waals surface area contributed by atoms with E-state index in [0.717, 1.165) is 86.6 Å². The van der Waals surface area contributed by atoms with Gasteiger partial charge in [0.15, 0.2) is 0 Å². The lowest BCUT2D eigenvalue weighted by Gasteiger charge is -2.51. The molecule has 0 spiro atoms. The van der Waals surface area contributed by atoms with Crippen LogP contribution in [0.25, 0.3) is 5.70 Å². The number of amides is 1. The first-order valence-corrected chi connectivity index (χ1v) is 19.6. The molecule has 50 heavy (non-hydrogen) atoms. The molecule has 2 saturated heterocycles. The van der Waals surface area contributed by atoms with Crippen molar-refractivity contribution in [1.29, 1.82) is 0 Å². The normalized spacial score (nSPS) is 19.2. The van der Waals surface area contributed by atoms with E-state index in [2.05, 4.69) is 103 Å². The molecule has 10 nitrogen and oxygen atoms in total. The van der Waals surface area contributed by atoms with Crippen LogP contribution in [0.4, 0.5) is 5.69 Å². The van der Waals surface area contributed by atoms with Crippen molar-refractivity contribution in [2.24, 2.45) is 0 Å². The Balaban J connectivity index is 1.06. The monoisotopic (exact) mass is 699 g/mol. The number of anilines is 1. The molecule has 1 saturated carbocycles. The molecule has 3 aromatic rings. The van der Waals surface area contributed by atoms with Crippen LogP contribution in [-0.2, 0) is 27.9 Å². The van der Waals surface area contributed by atoms with Gasteiger partial charge in [0.05, 0.1) is 22.7 Å². The predicted octanol–water partition coefficient (Wildman–Crippen LogP) is 5.18. The van der Waals surface area contributed by atoms with Crippen LogP contribution in [0.5, 0.6) is 0 Å². The lowest BCUT2D eigenvalue weighted by molar-refractivity contribution is -0.122. The number of hydrogen-bond acceptors (Lipinski definition) is 8. The molecule has 0 bridgehead atoms. The number of nitrogens with one attached hydrogen (secondary N) is 2. The van der Waals surface area contributed by atoms with E-state index in [9.17, 15) is 13.2 Å². The largest absolute Gasteiger partial charge is 0.371 e. The van der Waals surface area contributed by atoms with Crippen molar-refractivity contribution in [2.45, 2.75) is 102 Å². The number of nitrogens with zero attached hydrogens (tertiary/aromatic N) is 5. The number of carbonyl (C=O) groups is 1. The molecular formula is C39H53N7O3S. The molecule has 6 rings (SSSR count). The van der Waals surface area contributed by atoms with E-state index < -0.39 is 16.1 Å². The van der Waals surface area contributed by atoms with Gasteiger partial charge in [-0.2, -0.15) is 0 Å². The summed E-state index contributed by atoms with van der Waals surface area (Å²) in [7, 11) is -3.43. The summed E-state index contributed by atoms with van der Waals surface area (Å²) in [4.78, 5) is 29.2. The Hall–Kier alpha value is -3.80. The number of benzene rings is 2.